The van der Waals surface area contributed by atoms with Crippen molar-refractivity contribution in [1.29, 1.82) is 0 Å². The van der Waals surface area contributed by atoms with Crippen LogP contribution in [0.5, 0.6) is 0 Å². The molecular weight excluding hydrogens is 460 g/mol. The van der Waals surface area contributed by atoms with Crippen LogP contribution in [0.1, 0.15) is 11.1 Å². The highest BCUT2D eigenvalue weighted by Crippen LogP contribution is 2.32. The fourth-order valence-electron chi connectivity index (χ4n) is 1.87. The minimum atomic E-state index is -4.79. The van der Waals surface area contributed by atoms with Crippen LogP contribution in [-0.4, -0.2) is 6.03 Å². The summed E-state index contributed by atoms with van der Waals surface area (Å²) in [4.78, 5) is 11.8. The van der Waals surface area contributed by atoms with E-state index in [0.717, 1.165) is 10.5 Å². The topological polar surface area (TPSA) is 41.1 Å². The lowest BCUT2D eigenvalue weighted by atomic mass is 10.1. The highest BCUT2D eigenvalue weighted by atomic mass is 79.9. The molecule has 0 fully saturated rings. The van der Waals surface area contributed by atoms with Crippen LogP contribution in [-0.2, 0) is 12.7 Å². The van der Waals surface area contributed by atoms with E-state index in [9.17, 15) is 22.4 Å². The summed E-state index contributed by atoms with van der Waals surface area (Å²) in [5, 5.41) is 4.83. The molecule has 3 nitrogen and oxygen atoms in total. The molecule has 24 heavy (non-hydrogen) atoms. The van der Waals surface area contributed by atoms with Crippen LogP contribution in [0.15, 0.2) is 45.3 Å². The van der Waals surface area contributed by atoms with Crippen molar-refractivity contribution in [3.8, 4) is 0 Å². The Hall–Kier alpha value is -1.61. The molecule has 0 aliphatic rings. The number of hydrogen-bond acceptors (Lipinski definition) is 1. The molecule has 9 heteroatoms. The summed E-state index contributed by atoms with van der Waals surface area (Å²) in [6.07, 6.45) is -4.79. The van der Waals surface area contributed by atoms with E-state index < -0.39 is 23.6 Å². The molecule has 2 amide bonds. The Labute approximate surface area is 151 Å². The largest absolute Gasteiger partial charge is 0.419 e. The first kappa shape index (κ1) is 18.7. The SMILES string of the molecule is O=C(NCc1cccc(C(F)(F)F)c1F)Nc1ccc(Br)cc1Br. The molecule has 2 N–H and O–H groups in total. The number of amides is 2. The average Bonchev–Trinajstić information content (AvgIpc) is 2.48. The van der Waals surface area contributed by atoms with Crippen molar-refractivity contribution >= 4 is 43.6 Å². The molecule has 0 aromatic heterocycles. The van der Waals surface area contributed by atoms with Crippen molar-refractivity contribution in [3.05, 3.63) is 62.3 Å². The normalized spacial score (nSPS) is 11.2. The van der Waals surface area contributed by atoms with E-state index in [0.29, 0.717) is 16.2 Å². The number of benzene rings is 2. The number of nitrogens with one attached hydrogen (secondary N) is 2. The monoisotopic (exact) mass is 468 g/mol. The first-order chi connectivity index (χ1) is 11.2. The standard InChI is InChI=1S/C15H10Br2F4N2O/c16-9-4-5-12(11(17)6-9)23-14(24)22-7-8-2-1-3-10(13(8)18)15(19,20)21/h1-6H,7H2,(H2,22,23,24). The highest BCUT2D eigenvalue weighted by Gasteiger charge is 2.34. The summed E-state index contributed by atoms with van der Waals surface area (Å²) in [6, 6.07) is 7.28. The van der Waals surface area contributed by atoms with Crippen molar-refractivity contribution in [3.63, 3.8) is 0 Å². The Morgan fingerprint density at radius 3 is 2.46 bits per heavy atom. The first-order valence-electron chi connectivity index (χ1n) is 6.53. The van der Waals surface area contributed by atoms with Gasteiger partial charge in [-0.2, -0.15) is 13.2 Å². The van der Waals surface area contributed by atoms with Gasteiger partial charge in [0.1, 0.15) is 5.82 Å². The molecule has 0 saturated heterocycles. The number of carbonyl (C=O) groups is 1. The van der Waals surface area contributed by atoms with Gasteiger partial charge in [-0.15, -0.1) is 0 Å². The maximum absolute atomic E-state index is 13.8. The van der Waals surface area contributed by atoms with Gasteiger partial charge in [0.25, 0.3) is 0 Å². The first-order valence-corrected chi connectivity index (χ1v) is 8.11. The maximum Gasteiger partial charge on any atom is 0.419 e. The smallest absolute Gasteiger partial charge is 0.334 e. The summed E-state index contributed by atoms with van der Waals surface area (Å²) < 4.78 is 53.2. The van der Waals surface area contributed by atoms with Gasteiger partial charge in [-0.3, -0.25) is 0 Å². The molecule has 0 aliphatic heterocycles. The molecule has 128 valence electrons. The van der Waals surface area contributed by atoms with Crippen LogP contribution in [0, 0.1) is 5.82 Å². The van der Waals surface area contributed by atoms with Crippen molar-refractivity contribution in [1.82, 2.24) is 5.32 Å². The van der Waals surface area contributed by atoms with Crippen molar-refractivity contribution in [2.75, 3.05) is 5.32 Å². The number of hydrogen-bond donors (Lipinski definition) is 2. The Bertz CT molecular complexity index is 766. The van der Waals surface area contributed by atoms with Crippen LogP contribution < -0.4 is 10.6 Å². The van der Waals surface area contributed by atoms with Gasteiger partial charge >= 0.3 is 12.2 Å². The van der Waals surface area contributed by atoms with Crippen LogP contribution in [0.4, 0.5) is 28.0 Å². The second-order valence-electron chi connectivity index (χ2n) is 4.71. The van der Waals surface area contributed by atoms with Gasteiger partial charge < -0.3 is 10.6 Å². The number of rotatable bonds is 3. The van der Waals surface area contributed by atoms with E-state index in [4.69, 9.17) is 0 Å². The predicted octanol–water partition coefficient (Wildman–Crippen LogP) is 5.69. The summed E-state index contributed by atoms with van der Waals surface area (Å²) in [6.45, 7) is -0.379. The molecule has 0 atom stereocenters. The van der Waals surface area contributed by atoms with Crippen molar-refractivity contribution in [2.45, 2.75) is 12.7 Å². The average molecular weight is 470 g/mol. The van der Waals surface area contributed by atoms with E-state index in [2.05, 4.69) is 42.5 Å². The quantitative estimate of drug-likeness (QED) is 0.557. The molecule has 0 saturated carbocycles. The number of anilines is 1. The molecule has 0 spiro atoms. The van der Waals surface area contributed by atoms with Crippen molar-refractivity contribution < 1.29 is 22.4 Å². The summed E-state index contributed by atoms with van der Waals surface area (Å²) >= 11 is 6.52. The number of carbonyl (C=O) groups excluding carboxylic acids is 1. The lowest BCUT2D eigenvalue weighted by Crippen LogP contribution is -2.29. The van der Waals surface area contributed by atoms with E-state index in [1.54, 1.807) is 18.2 Å². The van der Waals surface area contributed by atoms with Crippen LogP contribution in [0.25, 0.3) is 0 Å². The van der Waals surface area contributed by atoms with Gasteiger partial charge in [0, 0.05) is 21.1 Å². The van der Waals surface area contributed by atoms with Crippen LogP contribution >= 0.6 is 31.9 Å². The number of halogens is 6. The Morgan fingerprint density at radius 2 is 1.83 bits per heavy atom. The lowest BCUT2D eigenvalue weighted by molar-refractivity contribution is -0.140. The third kappa shape index (κ3) is 4.70. The summed E-state index contributed by atoms with van der Waals surface area (Å²) in [5.41, 5.74) is -1.16. The van der Waals surface area contributed by atoms with Gasteiger partial charge in [0.15, 0.2) is 0 Å². The van der Waals surface area contributed by atoms with E-state index in [1.807, 2.05) is 0 Å². The van der Waals surface area contributed by atoms with E-state index in [-0.39, 0.29) is 12.1 Å². The highest BCUT2D eigenvalue weighted by molar-refractivity contribution is 9.11. The second kappa shape index (κ2) is 7.52. The fourth-order valence-corrected chi connectivity index (χ4v) is 3.01. The van der Waals surface area contributed by atoms with Crippen LogP contribution in [0.2, 0.25) is 0 Å². The Morgan fingerprint density at radius 1 is 1.12 bits per heavy atom. The van der Waals surface area contributed by atoms with Gasteiger partial charge in [-0.1, -0.05) is 28.1 Å². The third-order valence-corrected chi connectivity index (χ3v) is 4.15. The molecule has 0 aliphatic carbocycles. The minimum absolute atomic E-state index is 0.255. The molecule has 0 radical (unpaired) electrons. The van der Waals surface area contributed by atoms with E-state index >= 15 is 0 Å². The molecule has 0 bridgehead atoms. The van der Waals surface area contributed by atoms with Crippen molar-refractivity contribution in [2.24, 2.45) is 0 Å². The Balaban J connectivity index is 2.04. The third-order valence-electron chi connectivity index (χ3n) is 3.00. The second-order valence-corrected chi connectivity index (χ2v) is 6.48. The molecule has 0 heterocycles. The minimum Gasteiger partial charge on any atom is -0.334 e. The van der Waals surface area contributed by atoms with Gasteiger partial charge in [0.2, 0.25) is 0 Å². The van der Waals surface area contributed by atoms with Gasteiger partial charge in [-0.25, -0.2) is 9.18 Å². The molecule has 2 aromatic carbocycles. The van der Waals surface area contributed by atoms with Gasteiger partial charge in [-0.05, 0) is 40.2 Å². The molecular formula is C15H10Br2F4N2O. The zero-order valence-corrected chi connectivity index (χ0v) is 15.0. The lowest BCUT2D eigenvalue weighted by Gasteiger charge is -2.13. The zero-order valence-electron chi connectivity index (χ0n) is 11.8. The predicted molar refractivity (Wildman–Crippen MR) is 89.1 cm³/mol. The number of alkyl halides is 3. The molecule has 2 rings (SSSR count). The molecule has 0 unspecified atom stereocenters. The van der Waals surface area contributed by atoms with E-state index in [1.165, 1.54) is 6.07 Å². The summed E-state index contributed by atoms with van der Waals surface area (Å²) in [7, 11) is 0. The summed E-state index contributed by atoms with van der Waals surface area (Å²) in [5.74, 6) is -1.39. The maximum atomic E-state index is 13.8. The Kier molecular flexibility index (Phi) is 5.87. The van der Waals surface area contributed by atoms with Gasteiger partial charge in [0.05, 0.1) is 11.3 Å². The zero-order chi connectivity index (χ0) is 17.9. The number of urea groups is 1. The van der Waals surface area contributed by atoms with Crippen LogP contribution in [0.3, 0.4) is 0 Å². The molecule has 2 aromatic rings. The fraction of sp³-hybridized carbons (Fsp3) is 0.133.